The van der Waals surface area contributed by atoms with E-state index >= 15 is 0 Å². The molecule has 2 rings (SSSR count). The third kappa shape index (κ3) is 5.66. The van der Waals surface area contributed by atoms with Gasteiger partial charge in [0.25, 0.3) is 5.91 Å². The molecule has 0 spiro atoms. The summed E-state index contributed by atoms with van der Waals surface area (Å²) in [5.74, 6) is -0.294. The molecule has 5 nitrogen and oxygen atoms in total. The van der Waals surface area contributed by atoms with Crippen molar-refractivity contribution in [2.24, 2.45) is 5.73 Å². The standard InChI is InChI=1S/C15H17ClN4OS.ClH/c1-15(2,9-17)18-14(21)11-7-8-13(20-19-11)22-12-6-4-3-5-10(12)16;/h3-8H,9,17H2,1-2H3,(H,18,21);1H. The molecule has 0 saturated heterocycles. The van der Waals surface area contributed by atoms with Crippen LogP contribution in [0.4, 0.5) is 0 Å². The van der Waals surface area contributed by atoms with Gasteiger partial charge in [-0.1, -0.05) is 35.5 Å². The van der Waals surface area contributed by atoms with Gasteiger partial charge in [0.05, 0.1) is 5.02 Å². The molecular weight excluding hydrogens is 355 g/mol. The van der Waals surface area contributed by atoms with Gasteiger partial charge >= 0.3 is 0 Å². The number of benzene rings is 1. The van der Waals surface area contributed by atoms with Crippen LogP contribution in [0.5, 0.6) is 0 Å². The van der Waals surface area contributed by atoms with Crippen molar-refractivity contribution in [1.29, 1.82) is 0 Å². The Kier molecular flexibility index (Phi) is 7.28. The van der Waals surface area contributed by atoms with E-state index in [-0.39, 0.29) is 24.0 Å². The van der Waals surface area contributed by atoms with Gasteiger partial charge in [0.2, 0.25) is 0 Å². The van der Waals surface area contributed by atoms with E-state index in [0.29, 0.717) is 16.6 Å². The Morgan fingerprint density at radius 2 is 1.96 bits per heavy atom. The number of nitrogens with zero attached hydrogens (tertiary/aromatic N) is 2. The van der Waals surface area contributed by atoms with E-state index in [1.54, 1.807) is 12.1 Å². The lowest BCUT2D eigenvalue weighted by molar-refractivity contribution is 0.0909. The van der Waals surface area contributed by atoms with Gasteiger partial charge in [-0.05, 0) is 38.1 Å². The van der Waals surface area contributed by atoms with Gasteiger partial charge in [-0.2, -0.15) is 0 Å². The Morgan fingerprint density at radius 3 is 2.52 bits per heavy atom. The van der Waals surface area contributed by atoms with E-state index in [1.807, 2.05) is 38.1 Å². The number of aromatic nitrogens is 2. The van der Waals surface area contributed by atoms with Crippen LogP contribution in [0.3, 0.4) is 0 Å². The summed E-state index contributed by atoms with van der Waals surface area (Å²) in [7, 11) is 0. The van der Waals surface area contributed by atoms with E-state index in [1.165, 1.54) is 11.8 Å². The van der Waals surface area contributed by atoms with E-state index in [0.717, 1.165) is 4.90 Å². The van der Waals surface area contributed by atoms with Gasteiger partial charge in [0.1, 0.15) is 5.03 Å². The Morgan fingerprint density at radius 1 is 1.26 bits per heavy atom. The van der Waals surface area contributed by atoms with Crippen molar-refractivity contribution in [1.82, 2.24) is 15.5 Å². The van der Waals surface area contributed by atoms with Crippen LogP contribution < -0.4 is 11.1 Å². The third-order valence-corrected chi connectivity index (χ3v) is 4.33. The molecule has 1 aromatic heterocycles. The number of rotatable bonds is 5. The highest BCUT2D eigenvalue weighted by Gasteiger charge is 2.20. The molecule has 124 valence electrons. The zero-order chi connectivity index (χ0) is 16.2. The predicted molar refractivity (Wildman–Crippen MR) is 95.5 cm³/mol. The summed E-state index contributed by atoms with van der Waals surface area (Å²) in [5.41, 5.74) is 5.36. The van der Waals surface area contributed by atoms with Crippen molar-refractivity contribution in [3.05, 3.63) is 47.1 Å². The van der Waals surface area contributed by atoms with Crippen molar-refractivity contribution < 1.29 is 4.79 Å². The number of nitrogens with two attached hydrogens (primary N) is 1. The highest BCUT2D eigenvalue weighted by Crippen LogP contribution is 2.31. The van der Waals surface area contributed by atoms with Gasteiger partial charge in [-0.15, -0.1) is 22.6 Å². The monoisotopic (exact) mass is 372 g/mol. The summed E-state index contributed by atoms with van der Waals surface area (Å²) in [6, 6.07) is 10.9. The highest BCUT2D eigenvalue weighted by atomic mass is 35.5. The molecule has 0 radical (unpaired) electrons. The molecule has 0 bridgehead atoms. The summed E-state index contributed by atoms with van der Waals surface area (Å²) >= 11 is 7.49. The molecule has 0 fully saturated rings. The van der Waals surface area contributed by atoms with Gasteiger partial charge in [-0.3, -0.25) is 4.79 Å². The van der Waals surface area contributed by atoms with Crippen LogP contribution in [0.15, 0.2) is 46.3 Å². The second-order valence-electron chi connectivity index (χ2n) is 5.33. The molecule has 0 atom stereocenters. The number of amides is 1. The fourth-order valence-corrected chi connectivity index (χ4v) is 2.56. The number of nitrogens with one attached hydrogen (secondary N) is 1. The molecule has 0 aliphatic heterocycles. The van der Waals surface area contributed by atoms with Crippen molar-refractivity contribution in [3.8, 4) is 0 Å². The average molecular weight is 373 g/mol. The molecular formula is C15H18Cl2N4OS. The topological polar surface area (TPSA) is 80.9 Å². The first-order valence-electron chi connectivity index (χ1n) is 6.70. The summed E-state index contributed by atoms with van der Waals surface area (Å²) in [5, 5.41) is 12.1. The van der Waals surface area contributed by atoms with Gasteiger partial charge in [0, 0.05) is 17.0 Å². The molecule has 8 heteroatoms. The second kappa shape index (κ2) is 8.49. The smallest absolute Gasteiger partial charge is 0.272 e. The number of hydrogen-bond acceptors (Lipinski definition) is 5. The Balaban J connectivity index is 0.00000264. The molecule has 1 aromatic carbocycles. The molecule has 3 N–H and O–H groups in total. The van der Waals surface area contributed by atoms with Crippen LogP contribution in [-0.4, -0.2) is 28.2 Å². The fourth-order valence-electron chi connectivity index (χ4n) is 1.56. The molecule has 0 saturated carbocycles. The Hall–Kier alpha value is -1.34. The van der Waals surface area contributed by atoms with E-state index < -0.39 is 5.54 Å². The summed E-state index contributed by atoms with van der Waals surface area (Å²) in [6.45, 7) is 4.03. The molecule has 0 aliphatic carbocycles. The van der Waals surface area contributed by atoms with E-state index in [2.05, 4.69) is 15.5 Å². The lowest BCUT2D eigenvalue weighted by Gasteiger charge is -2.23. The van der Waals surface area contributed by atoms with Crippen molar-refractivity contribution in [3.63, 3.8) is 0 Å². The second-order valence-corrected chi connectivity index (χ2v) is 6.80. The molecule has 1 amide bonds. The minimum atomic E-state index is -0.482. The van der Waals surface area contributed by atoms with Crippen LogP contribution in [0, 0.1) is 0 Å². The lowest BCUT2D eigenvalue weighted by Crippen LogP contribution is -2.49. The largest absolute Gasteiger partial charge is 0.344 e. The molecule has 0 aliphatic rings. The van der Waals surface area contributed by atoms with Crippen molar-refractivity contribution in [2.75, 3.05) is 6.54 Å². The minimum Gasteiger partial charge on any atom is -0.344 e. The van der Waals surface area contributed by atoms with Crippen LogP contribution in [-0.2, 0) is 0 Å². The first kappa shape index (κ1) is 19.7. The Bertz CT molecular complexity index is 665. The maximum Gasteiger partial charge on any atom is 0.272 e. The summed E-state index contributed by atoms with van der Waals surface area (Å²) < 4.78 is 0. The molecule has 23 heavy (non-hydrogen) atoms. The van der Waals surface area contributed by atoms with Gasteiger partial charge < -0.3 is 11.1 Å². The summed E-state index contributed by atoms with van der Waals surface area (Å²) in [4.78, 5) is 12.9. The lowest BCUT2D eigenvalue weighted by atomic mass is 10.1. The Labute approximate surface area is 150 Å². The zero-order valence-electron chi connectivity index (χ0n) is 12.7. The highest BCUT2D eigenvalue weighted by molar-refractivity contribution is 7.99. The zero-order valence-corrected chi connectivity index (χ0v) is 15.1. The first-order valence-corrected chi connectivity index (χ1v) is 7.89. The number of carbonyl (C=O) groups is 1. The summed E-state index contributed by atoms with van der Waals surface area (Å²) in [6.07, 6.45) is 0. The number of hydrogen-bond donors (Lipinski definition) is 2. The maximum absolute atomic E-state index is 12.0. The number of halogens is 2. The van der Waals surface area contributed by atoms with Crippen LogP contribution in [0.1, 0.15) is 24.3 Å². The quantitative estimate of drug-likeness (QED) is 0.842. The van der Waals surface area contributed by atoms with Crippen molar-refractivity contribution >= 4 is 41.7 Å². The van der Waals surface area contributed by atoms with Crippen LogP contribution >= 0.6 is 35.8 Å². The van der Waals surface area contributed by atoms with Gasteiger partial charge in [0.15, 0.2) is 5.69 Å². The normalized spacial score (nSPS) is 10.8. The maximum atomic E-state index is 12.0. The average Bonchev–Trinajstić information content (AvgIpc) is 2.50. The number of carbonyl (C=O) groups excluding carboxylic acids is 1. The predicted octanol–water partition coefficient (Wildman–Crippen LogP) is 3.17. The SMILES string of the molecule is CC(C)(CN)NC(=O)c1ccc(Sc2ccccc2Cl)nn1.Cl. The van der Waals surface area contributed by atoms with Crippen LogP contribution in [0.25, 0.3) is 0 Å². The minimum absolute atomic E-state index is 0. The first-order chi connectivity index (χ1) is 10.4. The third-order valence-electron chi connectivity index (χ3n) is 2.89. The molecule has 2 aromatic rings. The van der Waals surface area contributed by atoms with E-state index in [9.17, 15) is 4.79 Å². The van der Waals surface area contributed by atoms with Crippen LogP contribution in [0.2, 0.25) is 5.02 Å². The fraction of sp³-hybridized carbons (Fsp3) is 0.267. The van der Waals surface area contributed by atoms with E-state index in [4.69, 9.17) is 17.3 Å². The van der Waals surface area contributed by atoms with Crippen molar-refractivity contribution in [2.45, 2.75) is 29.3 Å². The molecule has 1 heterocycles. The molecule has 0 unspecified atom stereocenters. The van der Waals surface area contributed by atoms with Gasteiger partial charge in [-0.25, -0.2) is 0 Å².